The molecular formula is C16H12N2O8. The fourth-order valence-corrected chi connectivity index (χ4v) is 2.27. The molecule has 0 saturated heterocycles. The number of aliphatic hydroxyl groups is 1. The predicted octanol–water partition coefficient (Wildman–Crippen LogP) is 1.76. The Bertz CT molecular complexity index is 868. The molecule has 0 bridgehead atoms. The molecular weight excluding hydrogens is 348 g/mol. The molecule has 2 rings (SSSR count). The van der Waals surface area contributed by atoms with Gasteiger partial charge in [-0.05, 0) is 11.6 Å². The third-order valence-electron chi connectivity index (χ3n) is 3.37. The highest BCUT2D eigenvalue weighted by Crippen LogP contribution is 2.36. The van der Waals surface area contributed by atoms with Crippen LogP contribution in [0.4, 0.5) is 15.3 Å². The van der Waals surface area contributed by atoms with Crippen LogP contribution in [0, 0.1) is 10.1 Å². The number of carbonyl (C=O) groups excluding carboxylic acids is 2. The molecule has 0 heterocycles. The number of hydrogen-bond acceptors (Lipinski definition) is 7. The number of esters is 1. The number of imide groups is 1. The first-order chi connectivity index (χ1) is 12.3. The Labute approximate surface area is 145 Å². The van der Waals surface area contributed by atoms with Crippen LogP contribution >= 0.6 is 0 Å². The Morgan fingerprint density at radius 1 is 1.04 bits per heavy atom. The minimum absolute atomic E-state index is 0.109. The second-order valence-electron chi connectivity index (χ2n) is 4.96. The summed E-state index contributed by atoms with van der Waals surface area (Å²) in [5.41, 5.74) is -3.86. The van der Waals surface area contributed by atoms with Crippen LogP contribution in [-0.2, 0) is 15.1 Å². The zero-order chi connectivity index (χ0) is 19.3. The van der Waals surface area contributed by atoms with Gasteiger partial charge in [0.2, 0.25) is 5.60 Å². The number of rotatable bonds is 4. The van der Waals surface area contributed by atoms with Gasteiger partial charge in [-0.3, -0.25) is 10.1 Å². The average molecular weight is 360 g/mol. The van der Waals surface area contributed by atoms with Crippen LogP contribution in [0.5, 0.6) is 0 Å². The van der Waals surface area contributed by atoms with Crippen molar-refractivity contribution in [2.75, 3.05) is 0 Å². The first kappa shape index (κ1) is 18.5. The number of hydrogen-bond donors (Lipinski definition) is 3. The molecule has 0 saturated carbocycles. The van der Waals surface area contributed by atoms with Gasteiger partial charge >= 0.3 is 18.2 Å². The summed E-state index contributed by atoms with van der Waals surface area (Å²) in [6.07, 6.45) is -3.44. The summed E-state index contributed by atoms with van der Waals surface area (Å²) < 4.78 is 4.33. The summed E-state index contributed by atoms with van der Waals surface area (Å²) in [6.45, 7) is 0. The van der Waals surface area contributed by atoms with Crippen LogP contribution in [0.15, 0.2) is 54.6 Å². The standard InChI is InChI=1S/C16H12N2O8/c19-13(26-15(22)17-14(20)21)16(23,10-6-2-1-3-7-10)11-8-4-5-9-12(11)18(24)25/h1-9,23H,(H,17,22)(H,20,21). The van der Waals surface area contributed by atoms with Gasteiger partial charge in [-0.25, -0.2) is 19.7 Å². The maximum atomic E-state index is 12.5. The monoisotopic (exact) mass is 360 g/mol. The smallest absolute Gasteiger partial charge is 0.424 e. The van der Waals surface area contributed by atoms with E-state index in [9.17, 15) is 29.6 Å². The molecule has 10 nitrogen and oxygen atoms in total. The van der Waals surface area contributed by atoms with E-state index in [1.807, 2.05) is 0 Å². The van der Waals surface area contributed by atoms with Gasteiger partial charge < -0.3 is 14.9 Å². The maximum Gasteiger partial charge on any atom is 0.424 e. The molecule has 10 heteroatoms. The highest BCUT2D eigenvalue weighted by atomic mass is 16.6. The molecule has 0 aliphatic carbocycles. The number of nitrogens with zero attached hydrogens (tertiary/aromatic N) is 1. The molecule has 0 aromatic heterocycles. The number of carbonyl (C=O) groups is 3. The molecule has 0 radical (unpaired) electrons. The van der Waals surface area contributed by atoms with Gasteiger partial charge in [0.1, 0.15) is 0 Å². The molecule has 2 aromatic rings. The second kappa shape index (κ2) is 7.40. The molecule has 1 unspecified atom stereocenters. The van der Waals surface area contributed by atoms with Crippen molar-refractivity contribution >= 4 is 23.8 Å². The largest absolute Gasteiger partial charge is 0.465 e. The van der Waals surface area contributed by atoms with E-state index < -0.39 is 39.9 Å². The fourth-order valence-electron chi connectivity index (χ4n) is 2.27. The fraction of sp³-hybridized carbons (Fsp3) is 0.0625. The van der Waals surface area contributed by atoms with Crippen molar-refractivity contribution in [1.29, 1.82) is 0 Å². The highest BCUT2D eigenvalue weighted by Gasteiger charge is 2.47. The van der Waals surface area contributed by atoms with Crippen molar-refractivity contribution in [3.8, 4) is 0 Å². The number of ether oxygens (including phenoxy) is 1. The number of amides is 2. The molecule has 0 spiro atoms. The molecule has 26 heavy (non-hydrogen) atoms. The quantitative estimate of drug-likeness (QED) is 0.322. The summed E-state index contributed by atoms with van der Waals surface area (Å²) in [4.78, 5) is 44.8. The zero-order valence-corrected chi connectivity index (χ0v) is 13.0. The van der Waals surface area contributed by atoms with Crippen LogP contribution in [0.25, 0.3) is 0 Å². The predicted molar refractivity (Wildman–Crippen MR) is 85.2 cm³/mol. The second-order valence-corrected chi connectivity index (χ2v) is 4.96. The normalized spacial score (nSPS) is 12.5. The van der Waals surface area contributed by atoms with E-state index in [1.54, 1.807) is 6.07 Å². The maximum absolute atomic E-state index is 12.5. The highest BCUT2D eigenvalue weighted by molar-refractivity contribution is 5.97. The SMILES string of the molecule is O=C(O)NC(=O)OC(=O)C(O)(c1ccccc1)c1ccccc1[N+](=O)[O-]. The number of nitro groups is 1. The van der Waals surface area contributed by atoms with E-state index in [2.05, 4.69) is 4.74 Å². The lowest BCUT2D eigenvalue weighted by Gasteiger charge is -2.25. The number of alkyl carbamates (subject to hydrolysis) is 1. The average Bonchev–Trinajstić information content (AvgIpc) is 2.60. The molecule has 2 amide bonds. The van der Waals surface area contributed by atoms with Gasteiger partial charge in [0.05, 0.1) is 10.5 Å². The first-order valence-electron chi connectivity index (χ1n) is 7.04. The van der Waals surface area contributed by atoms with Crippen LogP contribution in [0.2, 0.25) is 0 Å². The summed E-state index contributed by atoms with van der Waals surface area (Å²) in [5.74, 6) is -1.60. The Hall–Kier alpha value is -3.79. The van der Waals surface area contributed by atoms with Crippen LogP contribution in [0.1, 0.15) is 11.1 Å². The van der Waals surface area contributed by atoms with E-state index in [1.165, 1.54) is 41.7 Å². The lowest BCUT2D eigenvalue weighted by Crippen LogP contribution is -2.42. The Balaban J connectivity index is 2.58. The summed E-state index contributed by atoms with van der Waals surface area (Å²) >= 11 is 0. The van der Waals surface area contributed by atoms with E-state index in [-0.39, 0.29) is 5.56 Å². The Morgan fingerprint density at radius 3 is 2.19 bits per heavy atom. The number of para-hydroxylation sites is 1. The van der Waals surface area contributed by atoms with Crippen LogP contribution < -0.4 is 5.32 Å². The van der Waals surface area contributed by atoms with Crippen molar-refractivity contribution < 1.29 is 34.3 Å². The van der Waals surface area contributed by atoms with Crippen molar-refractivity contribution in [2.24, 2.45) is 0 Å². The van der Waals surface area contributed by atoms with Crippen molar-refractivity contribution in [3.63, 3.8) is 0 Å². The minimum Gasteiger partial charge on any atom is -0.465 e. The van der Waals surface area contributed by atoms with Gasteiger partial charge in [0.25, 0.3) is 5.69 Å². The number of carboxylic acid groups (broad SMARTS) is 1. The van der Waals surface area contributed by atoms with E-state index in [0.29, 0.717) is 0 Å². The Kier molecular flexibility index (Phi) is 5.28. The molecule has 0 aliphatic rings. The summed E-state index contributed by atoms with van der Waals surface area (Å²) in [7, 11) is 0. The van der Waals surface area contributed by atoms with Crippen molar-refractivity contribution in [3.05, 3.63) is 75.8 Å². The minimum atomic E-state index is -2.72. The van der Waals surface area contributed by atoms with E-state index >= 15 is 0 Å². The van der Waals surface area contributed by atoms with E-state index in [4.69, 9.17) is 5.11 Å². The summed E-state index contributed by atoms with van der Waals surface area (Å²) in [6, 6.07) is 12.0. The molecule has 0 fully saturated rings. The molecule has 3 N–H and O–H groups in total. The van der Waals surface area contributed by atoms with Crippen molar-refractivity contribution in [1.82, 2.24) is 5.32 Å². The third-order valence-corrected chi connectivity index (χ3v) is 3.37. The number of benzene rings is 2. The van der Waals surface area contributed by atoms with E-state index in [0.717, 1.165) is 12.1 Å². The Morgan fingerprint density at radius 2 is 1.62 bits per heavy atom. The van der Waals surface area contributed by atoms with Crippen molar-refractivity contribution in [2.45, 2.75) is 5.60 Å². The van der Waals surface area contributed by atoms with Gasteiger partial charge in [-0.1, -0.05) is 42.5 Å². The summed E-state index contributed by atoms with van der Waals surface area (Å²) in [5, 5.41) is 32.1. The lowest BCUT2D eigenvalue weighted by atomic mass is 9.85. The molecule has 0 aliphatic heterocycles. The van der Waals surface area contributed by atoms with Gasteiger partial charge in [0.15, 0.2) is 0 Å². The molecule has 2 aromatic carbocycles. The molecule has 1 atom stereocenters. The van der Waals surface area contributed by atoms with Gasteiger partial charge in [0, 0.05) is 6.07 Å². The van der Waals surface area contributed by atoms with Crippen LogP contribution in [0.3, 0.4) is 0 Å². The third kappa shape index (κ3) is 3.65. The molecule has 134 valence electrons. The van der Waals surface area contributed by atoms with Crippen LogP contribution in [-0.4, -0.2) is 33.3 Å². The topological polar surface area (TPSA) is 156 Å². The van der Waals surface area contributed by atoms with Gasteiger partial charge in [-0.2, -0.15) is 0 Å². The zero-order valence-electron chi connectivity index (χ0n) is 13.0. The number of nitro benzene ring substituents is 1. The first-order valence-corrected chi connectivity index (χ1v) is 7.04. The van der Waals surface area contributed by atoms with Gasteiger partial charge in [-0.15, -0.1) is 0 Å². The number of nitrogens with one attached hydrogen (secondary N) is 1. The lowest BCUT2D eigenvalue weighted by molar-refractivity contribution is -0.386.